The van der Waals surface area contributed by atoms with Gasteiger partial charge in [-0.15, -0.1) is 11.3 Å². The average Bonchev–Trinajstić information content (AvgIpc) is 3.30. The lowest BCUT2D eigenvalue weighted by molar-refractivity contribution is 0.0669. The van der Waals surface area contributed by atoms with Gasteiger partial charge in [-0.25, -0.2) is 0 Å². The predicted molar refractivity (Wildman–Crippen MR) is 103 cm³/mol. The number of hydrogen-bond acceptors (Lipinski definition) is 4. The summed E-state index contributed by atoms with van der Waals surface area (Å²) in [7, 11) is 0. The molecule has 0 spiro atoms. The molecule has 0 bridgehead atoms. The van der Waals surface area contributed by atoms with Gasteiger partial charge in [-0.2, -0.15) is 0 Å². The molecule has 5 nitrogen and oxygen atoms in total. The minimum atomic E-state index is -0.229. The summed E-state index contributed by atoms with van der Waals surface area (Å²) < 4.78 is 5.86. The number of carbonyl (C=O) groups excluding carboxylic acids is 2. The number of benzene rings is 1. The van der Waals surface area contributed by atoms with Gasteiger partial charge in [-0.3, -0.25) is 9.59 Å². The Labute approximate surface area is 155 Å². The van der Waals surface area contributed by atoms with Gasteiger partial charge >= 0.3 is 0 Å². The quantitative estimate of drug-likeness (QED) is 0.734. The van der Waals surface area contributed by atoms with Gasteiger partial charge < -0.3 is 14.6 Å². The maximum Gasteiger partial charge on any atom is 0.291 e. The standard InChI is InChI=1S/C20H20N2O3S/c1-13-8-10-22(11-9-13)20(24)18-17(14-5-2-3-6-15(14)25-18)21-19(23)16-7-4-12-26-16/h2-7,12-13H,8-11H2,1H3,(H,21,23). The lowest BCUT2D eigenvalue weighted by atomic mass is 9.99. The van der Waals surface area contributed by atoms with E-state index in [0.29, 0.717) is 22.1 Å². The summed E-state index contributed by atoms with van der Waals surface area (Å²) in [4.78, 5) is 28.0. The predicted octanol–water partition coefficient (Wildman–Crippen LogP) is 4.62. The first kappa shape index (κ1) is 16.8. The summed E-state index contributed by atoms with van der Waals surface area (Å²) in [6.07, 6.45) is 1.98. The van der Waals surface area contributed by atoms with E-state index in [1.807, 2.05) is 40.6 Å². The Morgan fingerprint density at radius 3 is 2.65 bits per heavy atom. The first-order valence-corrected chi connectivity index (χ1v) is 9.67. The van der Waals surface area contributed by atoms with Crippen molar-refractivity contribution >= 4 is 39.8 Å². The van der Waals surface area contributed by atoms with Crippen LogP contribution < -0.4 is 5.32 Å². The van der Waals surface area contributed by atoms with E-state index in [4.69, 9.17) is 4.42 Å². The van der Waals surface area contributed by atoms with Crippen LogP contribution in [0.3, 0.4) is 0 Å². The van der Waals surface area contributed by atoms with E-state index >= 15 is 0 Å². The summed E-state index contributed by atoms with van der Waals surface area (Å²) in [5.74, 6) is 0.459. The van der Waals surface area contributed by atoms with Crippen LogP contribution in [-0.4, -0.2) is 29.8 Å². The van der Waals surface area contributed by atoms with Crippen molar-refractivity contribution in [2.24, 2.45) is 5.92 Å². The highest BCUT2D eigenvalue weighted by molar-refractivity contribution is 7.12. The highest BCUT2D eigenvalue weighted by atomic mass is 32.1. The number of likely N-dealkylation sites (tertiary alicyclic amines) is 1. The molecule has 6 heteroatoms. The lowest BCUT2D eigenvalue weighted by Crippen LogP contribution is -2.38. The fourth-order valence-electron chi connectivity index (χ4n) is 3.26. The summed E-state index contributed by atoms with van der Waals surface area (Å²) in [6, 6.07) is 11.0. The van der Waals surface area contributed by atoms with Crippen LogP contribution in [0.25, 0.3) is 11.0 Å². The first-order valence-electron chi connectivity index (χ1n) is 8.79. The number of fused-ring (bicyclic) bond motifs is 1. The van der Waals surface area contributed by atoms with E-state index in [0.717, 1.165) is 31.3 Å². The van der Waals surface area contributed by atoms with Crippen molar-refractivity contribution in [3.05, 3.63) is 52.4 Å². The first-order chi connectivity index (χ1) is 12.6. The van der Waals surface area contributed by atoms with Crippen LogP contribution in [0.1, 0.15) is 40.0 Å². The van der Waals surface area contributed by atoms with Crippen LogP contribution in [0.4, 0.5) is 5.69 Å². The van der Waals surface area contributed by atoms with Crippen molar-refractivity contribution in [1.29, 1.82) is 0 Å². The van der Waals surface area contributed by atoms with E-state index in [9.17, 15) is 9.59 Å². The van der Waals surface area contributed by atoms with Gasteiger partial charge in [0.15, 0.2) is 0 Å². The summed E-state index contributed by atoms with van der Waals surface area (Å²) in [5, 5.41) is 5.49. The van der Waals surface area contributed by atoms with Gasteiger partial charge in [-0.05, 0) is 42.3 Å². The fourth-order valence-corrected chi connectivity index (χ4v) is 3.88. The topological polar surface area (TPSA) is 62.6 Å². The number of amides is 2. The molecule has 0 atom stereocenters. The van der Waals surface area contributed by atoms with Crippen molar-refractivity contribution in [1.82, 2.24) is 4.90 Å². The summed E-state index contributed by atoms with van der Waals surface area (Å²) >= 11 is 1.36. The molecule has 1 aliphatic rings. The Kier molecular flexibility index (Phi) is 4.51. The molecule has 4 rings (SSSR count). The molecule has 1 saturated heterocycles. The SMILES string of the molecule is CC1CCN(C(=O)c2oc3ccccc3c2NC(=O)c2cccs2)CC1. The fraction of sp³-hybridized carbons (Fsp3) is 0.300. The largest absolute Gasteiger partial charge is 0.449 e. The molecule has 3 heterocycles. The van der Waals surface area contributed by atoms with Gasteiger partial charge in [0.05, 0.1) is 4.88 Å². The maximum atomic E-state index is 13.0. The van der Waals surface area contributed by atoms with Crippen LogP contribution in [0.5, 0.6) is 0 Å². The molecule has 1 aromatic carbocycles. The molecule has 1 fully saturated rings. The smallest absolute Gasteiger partial charge is 0.291 e. The second kappa shape index (κ2) is 6.96. The van der Waals surface area contributed by atoms with E-state index < -0.39 is 0 Å². The number of thiophene rings is 1. The molecule has 0 unspecified atom stereocenters. The number of piperidine rings is 1. The van der Waals surface area contributed by atoms with Crippen LogP contribution in [0.2, 0.25) is 0 Å². The number of anilines is 1. The summed E-state index contributed by atoms with van der Waals surface area (Å²) in [5.41, 5.74) is 1.06. The number of carbonyl (C=O) groups is 2. The molecular weight excluding hydrogens is 348 g/mol. The number of furan rings is 1. The van der Waals surface area contributed by atoms with Gasteiger partial charge in [0, 0.05) is 18.5 Å². The maximum absolute atomic E-state index is 13.0. The Balaban J connectivity index is 1.69. The third kappa shape index (κ3) is 3.12. The van der Waals surface area contributed by atoms with Crippen LogP contribution in [0, 0.1) is 5.92 Å². The van der Waals surface area contributed by atoms with Gasteiger partial charge in [0.1, 0.15) is 11.3 Å². The van der Waals surface area contributed by atoms with Crippen molar-refractivity contribution in [3.8, 4) is 0 Å². The molecule has 134 valence electrons. The number of para-hydroxylation sites is 1. The van der Waals surface area contributed by atoms with Crippen LogP contribution >= 0.6 is 11.3 Å². The van der Waals surface area contributed by atoms with Gasteiger partial charge in [0.25, 0.3) is 11.8 Å². The second-order valence-electron chi connectivity index (χ2n) is 6.71. The van der Waals surface area contributed by atoms with Crippen molar-refractivity contribution in [2.75, 3.05) is 18.4 Å². The number of hydrogen-bond donors (Lipinski definition) is 1. The molecule has 0 saturated carbocycles. The molecule has 3 aromatic rings. The lowest BCUT2D eigenvalue weighted by Gasteiger charge is -2.29. The van der Waals surface area contributed by atoms with E-state index in [1.165, 1.54) is 11.3 Å². The molecular formula is C20H20N2O3S. The highest BCUT2D eigenvalue weighted by Crippen LogP contribution is 2.33. The van der Waals surface area contributed by atoms with Gasteiger partial charge in [-0.1, -0.05) is 25.1 Å². The molecule has 26 heavy (non-hydrogen) atoms. The monoisotopic (exact) mass is 368 g/mol. The molecule has 1 N–H and O–H groups in total. The Morgan fingerprint density at radius 2 is 1.92 bits per heavy atom. The normalized spacial score (nSPS) is 15.3. The van der Waals surface area contributed by atoms with Crippen molar-refractivity contribution < 1.29 is 14.0 Å². The average molecular weight is 368 g/mol. The Hall–Kier alpha value is -2.60. The third-order valence-electron chi connectivity index (χ3n) is 4.84. The molecule has 0 radical (unpaired) electrons. The molecule has 2 amide bonds. The van der Waals surface area contributed by atoms with E-state index in [2.05, 4.69) is 12.2 Å². The Morgan fingerprint density at radius 1 is 1.15 bits per heavy atom. The minimum absolute atomic E-state index is 0.158. The molecule has 1 aliphatic heterocycles. The second-order valence-corrected chi connectivity index (χ2v) is 7.66. The van der Waals surface area contributed by atoms with Crippen molar-refractivity contribution in [3.63, 3.8) is 0 Å². The minimum Gasteiger partial charge on any atom is -0.449 e. The van der Waals surface area contributed by atoms with Gasteiger partial charge in [0.2, 0.25) is 5.76 Å². The third-order valence-corrected chi connectivity index (χ3v) is 5.71. The van der Waals surface area contributed by atoms with Crippen molar-refractivity contribution in [2.45, 2.75) is 19.8 Å². The number of nitrogens with one attached hydrogen (secondary N) is 1. The molecule has 2 aromatic heterocycles. The zero-order chi connectivity index (χ0) is 18.1. The Bertz CT molecular complexity index is 937. The summed E-state index contributed by atoms with van der Waals surface area (Å²) in [6.45, 7) is 3.64. The van der Waals surface area contributed by atoms with E-state index in [-0.39, 0.29) is 17.6 Å². The van der Waals surface area contributed by atoms with E-state index in [1.54, 1.807) is 6.07 Å². The highest BCUT2D eigenvalue weighted by Gasteiger charge is 2.28. The van der Waals surface area contributed by atoms with Crippen LogP contribution in [-0.2, 0) is 0 Å². The number of nitrogens with zero attached hydrogens (tertiary/aromatic N) is 1. The molecule has 0 aliphatic carbocycles. The zero-order valence-electron chi connectivity index (χ0n) is 14.5. The number of rotatable bonds is 3. The zero-order valence-corrected chi connectivity index (χ0v) is 15.3. The van der Waals surface area contributed by atoms with Crippen LogP contribution in [0.15, 0.2) is 46.2 Å².